The summed E-state index contributed by atoms with van der Waals surface area (Å²) in [5.74, 6) is 0. The number of hydrogen-bond acceptors (Lipinski definition) is 3. The highest BCUT2D eigenvalue weighted by atomic mass is 32.1. The Labute approximate surface area is 91.0 Å². The molecule has 2 rings (SSSR count). The lowest BCUT2D eigenvalue weighted by Crippen LogP contribution is -1.76. The van der Waals surface area contributed by atoms with Crippen LogP contribution >= 0.6 is 23.6 Å². The van der Waals surface area contributed by atoms with E-state index in [-0.39, 0.29) is 0 Å². The average molecular weight is 220 g/mol. The maximum absolute atomic E-state index is 4.95. The highest BCUT2D eigenvalue weighted by molar-refractivity contribution is 7.73. The Morgan fingerprint density at radius 1 is 1.29 bits per heavy atom. The number of rotatable bonds is 2. The maximum Gasteiger partial charge on any atom is 0.160 e. The molecule has 0 bridgehead atoms. The minimum Gasteiger partial charge on any atom is -0.342 e. The molecule has 14 heavy (non-hydrogen) atoms. The van der Waals surface area contributed by atoms with Gasteiger partial charge in [0.1, 0.15) is 5.00 Å². The summed E-state index contributed by atoms with van der Waals surface area (Å²) in [4.78, 5) is 7.22. The summed E-state index contributed by atoms with van der Waals surface area (Å²) in [6.45, 7) is 0. The lowest BCUT2D eigenvalue weighted by atomic mass is 10.2. The van der Waals surface area contributed by atoms with Gasteiger partial charge < -0.3 is 4.98 Å². The van der Waals surface area contributed by atoms with E-state index in [0.29, 0.717) is 0 Å². The van der Waals surface area contributed by atoms with Crippen molar-refractivity contribution < 1.29 is 0 Å². The van der Waals surface area contributed by atoms with Crippen molar-refractivity contribution in [1.29, 1.82) is 0 Å². The second-order valence-corrected chi connectivity index (χ2v) is 4.38. The average Bonchev–Trinajstić information content (AvgIpc) is 2.63. The third-order valence-electron chi connectivity index (χ3n) is 1.65. The molecular weight excluding hydrogens is 212 g/mol. The van der Waals surface area contributed by atoms with Crippen molar-refractivity contribution in [3.63, 3.8) is 0 Å². The van der Waals surface area contributed by atoms with Gasteiger partial charge in [-0.25, -0.2) is 4.99 Å². The van der Waals surface area contributed by atoms with Crippen LogP contribution < -0.4 is 0 Å². The highest BCUT2D eigenvalue weighted by Gasteiger charge is 1.89. The summed E-state index contributed by atoms with van der Waals surface area (Å²) < 4.78 is 0.755. The van der Waals surface area contributed by atoms with Crippen molar-refractivity contribution in [1.82, 2.24) is 4.98 Å². The van der Waals surface area contributed by atoms with Gasteiger partial charge >= 0.3 is 0 Å². The zero-order valence-corrected chi connectivity index (χ0v) is 8.94. The number of aliphatic imine (C=N–C) groups is 1. The van der Waals surface area contributed by atoms with Crippen LogP contribution in [-0.4, -0.2) is 11.2 Å². The predicted octanol–water partition coefficient (Wildman–Crippen LogP) is 3.56. The summed E-state index contributed by atoms with van der Waals surface area (Å²) in [6.07, 6.45) is 3.64. The number of aromatic amines is 1. The van der Waals surface area contributed by atoms with Gasteiger partial charge in [-0.15, -0.1) is 0 Å². The van der Waals surface area contributed by atoms with Crippen molar-refractivity contribution in [2.45, 2.75) is 0 Å². The molecule has 1 aromatic heterocycles. The zero-order valence-electron chi connectivity index (χ0n) is 7.31. The predicted molar refractivity (Wildman–Crippen MR) is 63.2 cm³/mol. The first-order valence-corrected chi connectivity index (χ1v) is 5.35. The van der Waals surface area contributed by atoms with Crippen LogP contribution in [0.2, 0.25) is 0 Å². The van der Waals surface area contributed by atoms with Gasteiger partial charge in [0.25, 0.3) is 0 Å². The van der Waals surface area contributed by atoms with E-state index < -0.39 is 0 Å². The zero-order chi connectivity index (χ0) is 9.80. The van der Waals surface area contributed by atoms with Crippen molar-refractivity contribution >= 4 is 34.8 Å². The van der Waals surface area contributed by atoms with Crippen molar-refractivity contribution in [2.75, 3.05) is 0 Å². The van der Waals surface area contributed by atoms with Crippen molar-refractivity contribution in [2.24, 2.45) is 4.99 Å². The molecule has 0 spiro atoms. The van der Waals surface area contributed by atoms with E-state index in [9.17, 15) is 0 Å². The molecule has 0 aliphatic heterocycles. The maximum atomic E-state index is 4.95. The fourth-order valence-electron chi connectivity index (χ4n) is 1.02. The molecule has 2 aromatic rings. The lowest BCUT2D eigenvalue weighted by molar-refractivity contribution is 1.39. The molecule has 1 heterocycles. The standard InChI is InChI=1S/C10H8N2S2/c13-10-12-7-9(14-10)11-6-8-4-2-1-3-5-8/h1-7H,(H,12,13). The van der Waals surface area contributed by atoms with E-state index >= 15 is 0 Å². The van der Waals surface area contributed by atoms with E-state index in [1.165, 1.54) is 11.3 Å². The molecule has 70 valence electrons. The fourth-order valence-corrected chi connectivity index (χ4v) is 1.86. The Morgan fingerprint density at radius 2 is 2.07 bits per heavy atom. The molecule has 0 saturated carbocycles. The van der Waals surface area contributed by atoms with Crippen LogP contribution in [0.4, 0.5) is 5.00 Å². The summed E-state index contributed by atoms with van der Waals surface area (Å²) in [5.41, 5.74) is 1.09. The van der Waals surface area contributed by atoms with Gasteiger partial charge in [-0.05, 0) is 17.8 Å². The molecule has 0 amide bonds. The highest BCUT2D eigenvalue weighted by Crippen LogP contribution is 2.18. The summed E-state index contributed by atoms with van der Waals surface area (Å²) in [5, 5.41) is 0.902. The molecule has 4 heteroatoms. The molecular formula is C10H8N2S2. The normalized spacial score (nSPS) is 10.9. The fraction of sp³-hybridized carbons (Fsp3) is 0. The topological polar surface area (TPSA) is 28.1 Å². The van der Waals surface area contributed by atoms with Crippen molar-refractivity contribution in [3.05, 3.63) is 46.0 Å². The van der Waals surface area contributed by atoms with Gasteiger partial charge in [0, 0.05) is 12.4 Å². The summed E-state index contributed by atoms with van der Waals surface area (Å²) in [6, 6.07) is 9.98. The van der Waals surface area contributed by atoms with E-state index in [2.05, 4.69) is 9.98 Å². The minimum absolute atomic E-state index is 0.755. The third kappa shape index (κ3) is 2.37. The van der Waals surface area contributed by atoms with Crippen LogP contribution in [0.1, 0.15) is 5.56 Å². The Balaban J connectivity index is 2.19. The summed E-state index contributed by atoms with van der Waals surface area (Å²) >= 11 is 6.42. The Morgan fingerprint density at radius 3 is 2.71 bits per heavy atom. The number of nitrogens with one attached hydrogen (secondary N) is 1. The number of hydrogen-bond donors (Lipinski definition) is 1. The minimum atomic E-state index is 0.755. The second kappa shape index (κ2) is 4.30. The van der Waals surface area contributed by atoms with Crippen LogP contribution in [-0.2, 0) is 0 Å². The molecule has 0 aliphatic rings. The molecule has 1 N–H and O–H groups in total. The number of H-pyrrole nitrogens is 1. The SMILES string of the molecule is S=c1[nH]cc(N=Cc2ccccc2)s1. The molecule has 1 aromatic carbocycles. The van der Waals surface area contributed by atoms with Crippen LogP contribution in [0, 0.1) is 3.95 Å². The molecule has 2 nitrogen and oxygen atoms in total. The van der Waals surface area contributed by atoms with E-state index in [4.69, 9.17) is 12.2 Å². The molecule has 0 aliphatic carbocycles. The van der Waals surface area contributed by atoms with E-state index in [0.717, 1.165) is 14.5 Å². The van der Waals surface area contributed by atoms with Gasteiger partial charge in [0.15, 0.2) is 3.95 Å². The first kappa shape index (κ1) is 9.30. The number of thiazole rings is 1. The van der Waals surface area contributed by atoms with E-state index in [1.54, 1.807) is 0 Å². The largest absolute Gasteiger partial charge is 0.342 e. The molecule has 0 unspecified atom stereocenters. The van der Waals surface area contributed by atoms with Gasteiger partial charge in [-0.1, -0.05) is 41.7 Å². The Hall–Kier alpha value is -1.26. The Kier molecular flexibility index (Phi) is 2.86. The quantitative estimate of drug-likeness (QED) is 0.608. The van der Waals surface area contributed by atoms with Gasteiger partial charge in [0.2, 0.25) is 0 Å². The molecule has 0 atom stereocenters. The summed E-state index contributed by atoms with van der Waals surface area (Å²) in [7, 11) is 0. The van der Waals surface area contributed by atoms with Crippen molar-refractivity contribution in [3.8, 4) is 0 Å². The van der Waals surface area contributed by atoms with Gasteiger partial charge in [0.05, 0.1) is 0 Å². The van der Waals surface area contributed by atoms with Crippen LogP contribution in [0.15, 0.2) is 41.5 Å². The smallest absolute Gasteiger partial charge is 0.160 e. The second-order valence-electron chi connectivity index (χ2n) is 2.69. The van der Waals surface area contributed by atoms with Gasteiger partial charge in [-0.3, -0.25) is 0 Å². The third-order valence-corrected chi connectivity index (χ3v) is 2.75. The Bertz CT molecular complexity index is 482. The number of benzene rings is 1. The van der Waals surface area contributed by atoms with E-state index in [1.807, 2.05) is 42.7 Å². The first-order valence-electron chi connectivity index (χ1n) is 4.12. The number of nitrogens with zero attached hydrogens (tertiary/aromatic N) is 1. The first-order chi connectivity index (χ1) is 6.84. The molecule has 0 fully saturated rings. The monoisotopic (exact) mass is 220 g/mol. The van der Waals surface area contributed by atoms with Crippen LogP contribution in [0.25, 0.3) is 0 Å². The van der Waals surface area contributed by atoms with Crippen LogP contribution in [0.5, 0.6) is 0 Å². The number of aromatic nitrogens is 1. The lowest BCUT2D eigenvalue weighted by Gasteiger charge is -1.88. The van der Waals surface area contributed by atoms with Gasteiger partial charge in [-0.2, -0.15) is 0 Å². The molecule has 0 radical (unpaired) electrons. The van der Waals surface area contributed by atoms with Crippen LogP contribution in [0.3, 0.4) is 0 Å². The molecule has 0 saturated heterocycles.